The first-order chi connectivity index (χ1) is 10.6. The molecule has 1 aromatic heterocycles. The summed E-state index contributed by atoms with van der Waals surface area (Å²) in [6, 6.07) is 11.2. The van der Waals surface area contributed by atoms with Crippen LogP contribution in [0.3, 0.4) is 0 Å². The number of nitrogens with one attached hydrogen (secondary N) is 1. The molecule has 0 saturated heterocycles. The number of rotatable bonds is 2. The third kappa shape index (κ3) is 2.62. The molecule has 1 N–H and O–H groups in total. The molecule has 1 aliphatic heterocycles. The molecule has 2 aromatic rings. The topological polar surface area (TPSA) is 54.3 Å². The number of hydrogen-bond acceptors (Lipinski definition) is 2. The first-order valence-electron chi connectivity index (χ1n) is 7.40. The van der Waals surface area contributed by atoms with Crippen molar-refractivity contribution in [2.45, 2.75) is 26.4 Å². The van der Waals surface area contributed by atoms with Gasteiger partial charge in [0.2, 0.25) is 5.91 Å². The average Bonchev–Trinajstić information content (AvgIpc) is 2.96. The van der Waals surface area contributed by atoms with Gasteiger partial charge in [0.25, 0.3) is 5.91 Å². The number of hydrogen-bond donors (Lipinski definition) is 1. The van der Waals surface area contributed by atoms with Crippen molar-refractivity contribution in [3.8, 4) is 0 Å². The molecule has 0 fully saturated rings. The van der Waals surface area contributed by atoms with Gasteiger partial charge < -0.3 is 14.8 Å². The zero-order valence-electron chi connectivity index (χ0n) is 12.7. The maximum absolute atomic E-state index is 12.7. The van der Waals surface area contributed by atoms with Gasteiger partial charge in [-0.15, -0.1) is 0 Å². The fourth-order valence-corrected chi connectivity index (χ4v) is 2.92. The van der Waals surface area contributed by atoms with Gasteiger partial charge in [0.1, 0.15) is 0 Å². The number of fused-ring (bicyclic) bond motifs is 1. The largest absolute Gasteiger partial charge is 0.348 e. The van der Waals surface area contributed by atoms with Gasteiger partial charge in [-0.3, -0.25) is 9.59 Å². The second kappa shape index (κ2) is 5.67. The van der Waals surface area contributed by atoms with Gasteiger partial charge in [0.05, 0.1) is 6.04 Å². The van der Waals surface area contributed by atoms with Crippen molar-refractivity contribution in [1.29, 1.82) is 0 Å². The summed E-state index contributed by atoms with van der Waals surface area (Å²) in [7, 11) is 0. The minimum atomic E-state index is -0.121. The molecule has 22 heavy (non-hydrogen) atoms. The highest BCUT2D eigenvalue weighted by Gasteiger charge is 2.27. The lowest BCUT2D eigenvalue weighted by molar-refractivity contribution is -0.114. The van der Waals surface area contributed by atoms with E-state index in [1.807, 2.05) is 11.0 Å². The summed E-state index contributed by atoms with van der Waals surface area (Å²) < 4.78 is 2.19. The Hall–Kier alpha value is -2.56. The quantitative estimate of drug-likeness (QED) is 0.926. The van der Waals surface area contributed by atoms with E-state index in [9.17, 15) is 9.59 Å². The van der Waals surface area contributed by atoms with Crippen molar-refractivity contribution in [2.24, 2.45) is 0 Å². The predicted molar refractivity (Wildman–Crippen MR) is 84.6 cm³/mol. The normalized spacial score (nSPS) is 17.0. The first kappa shape index (κ1) is 14.4. The second-order valence-corrected chi connectivity index (χ2v) is 5.56. The lowest BCUT2D eigenvalue weighted by atomic mass is 10.1. The van der Waals surface area contributed by atoms with Crippen molar-refractivity contribution in [1.82, 2.24) is 9.47 Å². The highest BCUT2D eigenvalue weighted by molar-refractivity contribution is 5.95. The van der Waals surface area contributed by atoms with Crippen molar-refractivity contribution >= 4 is 17.5 Å². The van der Waals surface area contributed by atoms with Crippen LogP contribution in [-0.4, -0.2) is 27.8 Å². The smallest absolute Gasteiger partial charge is 0.254 e. The van der Waals surface area contributed by atoms with Gasteiger partial charge in [0.15, 0.2) is 0 Å². The van der Waals surface area contributed by atoms with Crippen molar-refractivity contribution in [3.05, 3.63) is 53.9 Å². The molecule has 0 bridgehead atoms. The van der Waals surface area contributed by atoms with Crippen LogP contribution in [0.2, 0.25) is 0 Å². The maximum Gasteiger partial charge on any atom is 0.254 e. The minimum absolute atomic E-state index is 0.0225. The molecule has 0 aliphatic carbocycles. The Labute approximate surface area is 129 Å². The first-order valence-corrected chi connectivity index (χ1v) is 7.40. The van der Waals surface area contributed by atoms with Crippen molar-refractivity contribution in [3.63, 3.8) is 0 Å². The zero-order valence-corrected chi connectivity index (χ0v) is 12.7. The van der Waals surface area contributed by atoms with E-state index in [4.69, 9.17) is 0 Å². The maximum atomic E-state index is 12.7. The van der Waals surface area contributed by atoms with Gasteiger partial charge in [0, 0.05) is 43.2 Å². The number of nitrogens with zero attached hydrogens (tertiary/aromatic N) is 2. The molecule has 0 radical (unpaired) electrons. The van der Waals surface area contributed by atoms with Crippen LogP contribution < -0.4 is 5.32 Å². The average molecular weight is 297 g/mol. The summed E-state index contributed by atoms with van der Waals surface area (Å²) in [6.45, 7) is 5.04. The molecule has 2 amide bonds. The fraction of sp³-hybridized carbons (Fsp3) is 0.294. The number of benzene rings is 1. The summed E-state index contributed by atoms with van der Waals surface area (Å²) in [6.07, 6.45) is 2.05. The molecule has 1 aliphatic rings. The van der Waals surface area contributed by atoms with Crippen LogP contribution in [-0.2, 0) is 11.3 Å². The molecule has 1 aromatic carbocycles. The summed E-state index contributed by atoms with van der Waals surface area (Å²) in [5.41, 5.74) is 2.50. The second-order valence-electron chi connectivity index (χ2n) is 5.56. The summed E-state index contributed by atoms with van der Waals surface area (Å²) in [4.78, 5) is 25.6. The SMILES string of the molecule is CC(=O)Nc1ccc(C(=O)N2CCn3cccc3C2C)cc1. The standard InChI is InChI=1S/C17H19N3O2/c1-12-16-4-3-9-19(16)10-11-20(12)17(22)14-5-7-15(8-6-14)18-13(2)21/h3-9,12H,10-11H2,1-2H3,(H,18,21). The molecule has 5 nitrogen and oxygen atoms in total. The third-order valence-electron chi connectivity index (χ3n) is 4.06. The summed E-state index contributed by atoms with van der Waals surface area (Å²) >= 11 is 0. The number of amides is 2. The highest BCUT2D eigenvalue weighted by Crippen LogP contribution is 2.27. The molecular weight excluding hydrogens is 278 g/mol. The molecule has 3 rings (SSSR count). The van der Waals surface area contributed by atoms with Crippen LogP contribution in [0.25, 0.3) is 0 Å². The molecule has 5 heteroatoms. The Bertz CT molecular complexity index is 703. The van der Waals surface area contributed by atoms with E-state index in [1.165, 1.54) is 6.92 Å². The van der Waals surface area contributed by atoms with Gasteiger partial charge in [-0.1, -0.05) is 0 Å². The van der Waals surface area contributed by atoms with E-state index in [-0.39, 0.29) is 17.9 Å². The Morgan fingerprint density at radius 3 is 2.55 bits per heavy atom. The van der Waals surface area contributed by atoms with E-state index in [0.717, 1.165) is 12.2 Å². The molecule has 2 heterocycles. The van der Waals surface area contributed by atoms with Gasteiger partial charge in [-0.2, -0.15) is 0 Å². The minimum Gasteiger partial charge on any atom is -0.348 e. The molecule has 0 spiro atoms. The van der Waals surface area contributed by atoms with Gasteiger partial charge >= 0.3 is 0 Å². The van der Waals surface area contributed by atoms with E-state index < -0.39 is 0 Å². The number of carbonyl (C=O) groups excluding carboxylic acids is 2. The summed E-state index contributed by atoms with van der Waals surface area (Å²) in [5, 5.41) is 2.70. The van der Waals surface area contributed by atoms with E-state index in [0.29, 0.717) is 17.8 Å². The third-order valence-corrected chi connectivity index (χ3v) is 4.06. The van der Waals surface area contributed by atoms with Crippen LogP contribution in [0.1, 0.15) is 35.9 Å². The molecular formula is C17H19N3O2. The van der Waals surface area contributed by atoms with Crippen LogP contribution >= 0.6 is 0 Å². The monoisotopic (exact) mass is 297 g/mol. The van der Waals surface area contributed by atoms with Crippen LogP contribution in [0, 0.1) is 0 Å². The Morgan fingerprint density at radius 2 is 1.86 bits per heavy atom. The Balaban J connectivity index is 1.78. The summed E-state index contributed by atoms with van der Waals surface area (Å²) in [5.74, 6) is -0.0983. The zero-order chi connectivity index (χ0) is 15.7. The van der Waals surface area contributed by atoms with E-state index in [2.05, 4.69) is 29.1 Å². The highest BCUT2D eigenvalue weighted by atomic mass is 16.2. The number of carbonyl (C=O) groups is 2. The molecule has 0 saturated carbocycles. The van der Waals surface area contributed by atoms with E-state index in [1.54, 1.807) is 24.3 Å². The van der Waals surface area contributed by atoms with Crippen LogP contribution in [0.15, 0.2) is 42.6 Å². The van der Waals surface area contributed by atoms with Gasteiger partial charge in [-0.25, -0.2) is 0 Å². The van der Waals surface area contributed by atoms with Crippen molar-refractivity contribution < 1.29 is 9.59 Å². The number of anilines is 1. The fourth-order valence-electron chi connectivity index (χ4n) is 2.92. The van der Waals surface area contributed by atoms with E-state index >= 15 is 0 Å². The van der Waals surface area contributed by atoms with Crippen LogP contribution in [0.5, 0.6) is 0 Å². The lowest BCUT2D eigenvalue weighted by Crippen LogP contribution is -2.40. The Kier molecular flexibility index (Phi) is 3.71. The van der Waals surface area contributed by atoms with Crippen molar-refractivity contribution in [2.75, 3.05) is 11.9 Å². The van der Waals surface area contributed by atoms with Gasteiger partial charge in [-0.05, 0) is 43.3 Å². The molecule has 1 unspecified atom stereocenters. The predicted octanol–water partition coefficient (Wildman–Crippen LogP) is 2.66. The van der Waals surface area contributed by atoms with Crippen LogP contribution in [0.4, 0.5) is 5.69 Å². The lowest BCUT2D eigenvalue weighted by Gasteiger charge is -2.35. The molecule has 114 valence electrons. The Morgan fingerprint density at radius 1 is 1.14 bits per heavy atom. The molecule has 1 atom stereocenters. The number of aromatic nitrogens is 1.